The van der Waals surface area contributed by atoms with Crippen LogP contribution in [-0.2, 0) is 14.3 Å². The molecule has 0 spiro atoms. The van der Waals surface area contributed by atoms with Gasteiger partial charge in [-0.3, -0.25) is 9.59 Å². The molecule has 0 rings (SSSR count). The predicted molar refractivity (Wildman–Crippen MR) is 50.8 cm³/mol. The van der Waals surface area contributed by atoms with Gasteiger partial charge in [-0.15, -0.1) is 11.6 Å². The molecule has 0 amide bonds. The molecule has 0 aliphatic rings. The molecule has 0 saturated heterocycles. The van der Waals surface area contributed by atoms with Crippen LogP contribution < -0.4 is 0 Å². The molecule has 0 aromatic rings. The van der Waals surface area contributed by atoms with E-state index in [2.05, 4.69) is 0 Å². The minimum absolute atomic E-state index is 0.149. The van der Waals surface area contributed by atoms with Crippen molar-refractivity contribution in [3.8, 4) is 0 Å². The van der Waals surface area contributed by atoms with Gasteiger partial charge in [-0.1, -0.05) is 0 Å². The molecule has 13 heavy (non-hydrogen) atoms. The van der Waals surface area contributed by atoms with Crippen LogP contribution in [0, 0.1) is 5.92 Å². The summed E-state index contributed by atoms with van der Waals surface area (Å²) in [6.07, 6.45) is 1.14. The molecule has 0 unspecified atom stereocenters. The number of rotatable bonds is 6. The second-order valence-electron chi connectivity index (χ2n) is 2.75. The highest BCUT2D eigenvalue weighted by molar-refractivity contribution is 6.17. The molecule has 0 aliphatic heterocycles. The lowest BCUT2D eigenvalue weighted by Gasteiger charge is -2.10. The molecule has 0 fully saturated rings. The Morgan fingerprint density at radius 1 is 1.46 bits per heavy atom. The van der Waals surface area contributed by atoms with Crippen molar-refractivity contribution in [3.05, 3.63) is 0 Å². The van der Waals surface area contributed by atoms with Gasteiger partial charge in [-0.2, -0.15) is 0 Å². The number of hydrogen-bond donors (Lipinski definition) is 0. The second kappa shape index (κ2) is 6.89. The Hall–Kier alpha value is -0.570. The van der Waals surface area contributed by atoms with Crippen LogP contribution in [0.25, 0.3) is 0 Å². The summed E-state index contributed by atoms with van der Waals surface area (Å²) in [6.45, 7) is 3.43. The third kappa shape index (κ3) is 4.88. The fourth-order valence-corrected chi connectivity index (χ4v) is 1.17. The maximum absolute atomic E-state index is 11.2. The van der Waals surface area contributed by atoms with Crippen LogP contribution in [0.3, 0.4) is 0 Å². The summed E-state index contributed by atoms with van der Waals surface area (Å²) < 4.78 is 4.76. The fraction of sp³-hybridized carbons (Fsp3) is 0.778. The zero-order valence-electron chi connectivity index (χ0n) is 8.01. The molecule has 0 N–H and O–H groups in total. The average molecular weight is 207 g/mol. The molecule has 0 aromatic heterocycles. The van der Waals surface area contributed by atoms with E-state index in [1.165, 1.54) is 6.92 Å². The first kappa shape index (κ1) is 12.4. The van der Waals surface area contributed by atoms with E-state index in [-0.39, 0.29) is 5.78 Å². The van der Waals surface area contributed by atoms with E-state index in [9.17, 15) is 9.59 Å². The average Bonchev–Trinajstić information content (AvgIpc) is 2.05. The summed E-state index contributed by atoms with van der Waals surface area (Å²) in [7, 11) is 0. The molecule has 4 heteroatoms. The minimum Gasteiger partial charge on any atom is -0.465 e. The van der Waals surface area contributed by atoms with E-state index in [0.29, 0.717) is 25.3 Å². The quantitative estimate of drug-likeness (QED) is 0.378. The lowest BCUT2D eigenvalue weighted by Crippen LogP contribution is -2.24. The Kier molecular flexibility index (Phi) is 6.59. The molecule has 1 atom stereocenters. The van der Waals surface area contributed by atoms with Gasteiger partial charge in [0.15, 0.2) is 0 Å². The third-order valence-corrected chi connectivity index (χ3v) is 1.96. The summed E-state index contributed by atoms with van der Waals surface area (Å²) in [6, 6.07) is 0. The summed E-state index contributed by atoms with van der Waals surface area (Å²) in [5, 5.41) is 0. The monoisotopic (exact) mass is 206 g/mol. The SMILES string of the molecule is CCOC(=O)[C@@H](CCCCl)C(C)=O. The normalized spacial score (nSPS) is 12.2. The zero-order valence-corrected chi connectivity index (χ0v) is 8.76. The highest BCUT2D eigenvalue weighted by Crippen LogP contribution is 2.10. The molecule has 0 heterocycles. The molecule has 76 valence electrons. The van der Waals surface area contributed by atoms with E-state index in [1.807, 2.05) is 0 Å². The number of halogens is 1. The zero-order chi connectivity index (χ0) is 10.3. The summed E-state index contributed by atoms with van der Waals surface area (Å²) in [5.41, 5.74) is 0. The van der Waals surface area contributed by atoms with Crippen molar-refractivity contribution in [1.29, 1.82) is 0 Å². The van der Waals surface area contributed by atoms with Crippen LogP contribution in [0.1, 0.15) is 26.7 Å². The Morgan fingerprint density at radius 2 is 2.08 bits per heavy atom. The minimum atomic E-state index is -0.626. The van der Waals surface area contributed by atoms with E-state index < -0.39 is 11.9 Å². The molecular formula is C9H15ClO3. The Morgan fingerprint density at radius 3 is 2.46 bits per heavy atom. The van der Waals surface area contributed by atoms with Gasteiger partial charge in [0, 0.05) is 5.88 Å². The number of ketones is 1. The van der Waals surface area contributed by atoms with Gasteiger partial charge >= 0.3 is 5.97 Å². The van der Waals surface area contributed by atoms with E-state index >= 15 is 0 Å². The first-order chi connectivity index (χ1) is 6.13. The van der Waals surface area contributed by atoms with Crippen molar-refractivity contribution in [2.24, 2.45) is 5.92 Å². The summed E-state index contributed by atoms with van der Waals surface area (Å²) in [4.78, 5) is 22.2. The van der Waals surface area contributed by atoms with Crippen LogP contribution in [-0.4, -0.2) is 24.2 Å². The maximum atomic E-state index is 11.2. The van der Waals surface area contributed by atoms with Crippen LogP contribution in [0.2, 0.25) is 0 Å². The van der Waals surface area contributed by atoms with Crippen molar-refractivity contribution in [1.82, 2.24) is 0 Å². The number of carbonyl (C=O) groups is 2. The molecule has 0 aromatic carbocycles. The predicted octanol–water partition coefficient (Wildman–Crippen LogP) is 1.77. The first-order valence-electron chi connectivity index (χ1n) is 4.36. The number of Topliss-reactive ketones (excluding diaryl/α,β-unsaturated/α-hetero) is 1. The van der Waals surface area contributed by atoms with E-state index in [1.54, 1.807) is 6.92 Å². The third-order valence-electron chi connectivity index (χ3n) is 1.69. The summed E-state index contributed by atoms with van der Waals surface area (Å²) >= 11 is 5.47. The number of esters is 1. The van der Waals surface area contributed by atoms with Crippen molar-refractivity contribution in [2.45, 2.75) is 26.7 Å². The molecule has 0 radical (unpaired) electrons. The lowest BCUT2D eigenvalue weighted by molar-refractivity contribution is -0.151. The largest absolute Gasteiger partial charge is 0.465 e. The van der Waals surface area contributed by atoms with E-state index in [4.69, 9.17) is 16.3 Å². The number of carbonyl (C=O) groups excluding carboxylic acids is 2. The van der Waals surface area contributed by atoms with Gasteiger partial charge in [0.25, 0.3) is 0 Å². The van der Waals surface area contributed by atoms with Crippen LogP contribution in [0.5, 0.6) is 0 Å². The second-order valence-corrected chi connectivity index (χ2v) is 3.12. The Labute approximate surface area is 83.4 Å². The Bertz CT molecular complexity index is 180. The van der Waals surface area contributed by atoms with Crippen molar-refractivity contribution >= 4 is 23.4 Å². The summed E-state index contributed by atoms with van der Waals surface area (Å²) in [5.74, 6) is -0.745. The molecule has 0 saturated carbocycles. The van der Waals surface area contributed by atoms with Gasteiger partial charge in [0.1, 0.15) is 11.7 Å². The standard InChI is InChI=1S/C9H15ClO3/c1-3-13-9(12)8(7(2)11)5-4-6-10/h8H,3-6H2,1-2H3/t8-/m0/s1. The molecule has 0 bridgehead atoms. The van der Waals surface area contributed by atoms with Crippen LogP contribution >= 0.6 is 11.6 Å². The van der Waals surface area contributed by atoms with Crippen molar-refractivity contribution in [3.63, 3.8) is 0 Å². The highest BCUT2D eigenvalue weighted by atomic mass is 35.5. The maximum Gasteiger partial charge on any atom is 0.316 e. The molecule has 3 nitrogen and oxygen atoms in total. The van der Waals surface area contributed by atoms with Gasteiger partial charge < -0.3 is 4.74 Å². The van der Waals surface area contributed by atoms with Gasteiger partial charge in [-0.05, 0) is 26.7 Å². The molecular weight excluding hydrogens is 192 g/mol. The Balaban J connectivity index is 4.07. The lowest BCUT2D eigenvalue weighted by atomic mass is 10.00. The first-order valence-corrected chi connectivity index (χ1v) is 4.90. The topological polar surface area (TPSA) is 43.4 Å². The number of hydrogen-bond acceptors (Lipinski definition) is 3. The fourth-order valence-electron chi connectivity index (χ4n) is 1.01. The van der Waals surface area contributed by atoms with Gasteiger partial charge in [-0.25, -0.2) is 0 Å². The van der Waals surface area contributed by atoms with Gasteiger partial charge in [0.2, 0.25) is 0 Å². The van der Waals surface area contributed by atoms with Crippen molar-refractivity contribution in [2.75, 3.05) is 12.5 Å². The van der Waals surface area contributed by atoms with Crippen LogP contribution in [0.4, 0.5) is 0 Å². The van der Waals surface area contributed by atoms with Crippen molar-refractivity contribution < 1.29 is 14.3 Å². The van der Waals surface area contributed by atoms with Gasteiger partial charge in [0.05, 0.1) is 6.61 Å². The number of alkyl halides is 1. The highest BCUT2D eigenvalue weighted by Gasteiger charge is 2.23. The number of ether oxygens (including phenoxy) is 1. The van der Waals surface area contributed by atoms with Crippen LogP contribution in [0.15, 0.2) is 0 Å². The smallest absolute Gasteiger partial charge is 0.316 e. The molecule has 0 aliphatic carbocycles. The van der Waals surface area contributed by atoms with E-state index in [0.717, 1.165) is 0 Å².